The fourth-order valence-corrected chi connectivity index (χ4v) is 4.51. The molecule has 2 aliphatic heterocycles. The summed E-state index contributed by atoms with van der Waals surface area (Å²) in [6, 6.07) is 1.69. The van der Waals surface area contributed by atoms with Gasteiger partial charge in [-0.15, -0.1) is 11.3 Å². The summed E-state index contributed by atoms with van der Waals surface area (Å²) in [5.74, 6) is 1.08. The summed E-state index contributed by atoms with van der Waals surface area (Å²) >= 11 is 1.72. The quantitative estimate of drug-likeness (QED) is 0.835. The van der Waals surface area contributed by atoms with Crippen LogP contribution in [0, 0.1) is 26.7 Å². The van der Waals surface area contributed by atoms with Crippen LogP contribution in [0.1, 0.15) is 50.8 Å². The first kappa shape index (κ1) is 15.8. The molecule has 24 heavy (non-hydrogen) atoms. The normalized spacial score (nSPS) is 26.6. The first-order valence-corrected chi connectivity index (χ1v) is 9.15. The summed E-state index contributed by atoms with van der Waals surface area (Å²) in [6.45, 7) is 7.29. The highest BCUT2D eigenvalue weighted by Crippen LogP contribution is 2.42. The van der Waals surface area contributed by atoms with Crippen molar-refractivity contribution < 1.29 is 14.1 Å². The van der Waals surface area contributed by atoms with Crippen LogP contribution in [0.2, 0.25) is 0 Å². The Labute approximate surface area is 144 Å². The monoisotopic (exact) mass is 347 g/mol. The molecule has 4 rings (SSSR count). The van der Waals surface area contributed by atoms with E-state index in [0.717, 1.165) is 30.1 Å². The molecule has 0 aromatic carbocycles. The Kier molecular flexibility index (Phi) is 3.92. The Hall–Kier alpha value is -1.73. The molecule has 2 aliphatic rings. The van der Waals surface area contributed by atoms with Crippen LogP contribution >= 0.6 is 11.3 Å². The van der Waals surface area contributed by atoms with E-state index >= 15 is 0 Å². The van der Waals surface area contributed by atoms with Crippen LogP contribution in [0.3, 0.4) is 0 Å². The summed E-state index contributed by atoms with van der Waals surface area (Å²) < 4.78 is 11.3. The number of hydrogen-bond acceptors (Lipinski definition) is 6. The fourth-order valence-electron chi connectivity index (χ4n) is 3.54. The number of piperidine rings is 1. The van der Waals surface area contributed by atoms with E-state index in [0.29, 0.717) is 23.9 Å². The van der Waals surface area contributed by atoms with Gasteiger partial charge in [0.25, 0.3) is 5.91 Å². The van der Waals surface area contributed by atoms with Crippen molar-refractivity contribution in [1.29, 1.82) is 0 Å². The average Bonchev–Trinajstić information content (AvgIpc) is 3.25. The maximum absolute atomic E-state index is 12.5. The lowest BCUT2D eigenvalue weighted by molar-refractivity contribution is -0.00477. The predicted octanol–water partition coefficient (Wildman–Crippen LogP) is 3.05. The number of thiazole rings is 1. The number of nitrogens with zero attached hydrogens (tertiary/aromatic N) is 3. The third-order valence-corrected chi connectivity index (χ3v) is 6.17. The smallest absolute Gasteiger partial charge is 0.276 e. The average molecular weight is 347 g/mol. The molecule has 2 fully saturated rings. The highest BCUT2D eigenvalue weighted by Gasteiger charge is 2.42. The van der Waals surface area contributed by atoms with Gasteiger partial charge in [-0.1, -0.05) is 5.16 Å². The van der Waals surface area contributed by atoms with Gasteiger partial charge in [0.05, 0.1) is 11.8 Å². The number of amides is 1. The molecule has 6 nitrogen and oxygen atoms in total. The fraction of sp³-hybridized carbons (Fsp3) is 0.588. The standard InChI is InChI=1S/C17H21N3O3S/c1-9-6-13(19-23-9)17(21)20-5-4-12-7-14(22-15(12)8-20)16-18-10(2)11(3)24-16/h6,12,14-15H,4-5,7-8H2,1-3H3/t12-,14+,15+/m0/s1. The second kappa shape index (κ2) is 5.97. The minimum Gasteiger partial charge on any atom is -0.366 e. The summed E-state index contributed by atoms with van der Waals surface area (Å²) in [5, 5.41) is 4.91. The van der Waals surface area contributed by atoms with Gasteiger partial charge in [-0.05, 0) is 39.5 Å². The number of carbonyl (C=O) groups is 1. The Balaban J connectivity index is 1.45. The number of carbonyl (C=O) groups excluding carboxylic acids is 1. The summed E-state index contributed by atoms with van der Waals surface area (Å²) in [6.07, 6.45) is 2.13. The van der Waals surface area contributed by atoms with Crippen molar-refractivity contribution in [3.8, 4) is 0 Å². The van der Waals surface area contributed by atoms with Gasteiger partial charge < -0.3 is 14.2 Å². The second-order valence-electron chi connectivity index (χ2n) is 6.72. The molecular weight excluding hydrogens is 326 g/mol. The number of aromatic nitrogens is 2. The number of rotatable bonds is 2. The van der Waals surface area contributed by atoms with Crippen molar-refractivity contribution in [3.63, 3.8) is 0 Å². The summed E-state index contributed by atoms with van der Waals surface area (Å²) in [4.78, 5) is 20.3. The van der Waals surface area contributed by atoms with Gasteiger partial charge in [-0.2, -0.15) is 0 Å². The molecule has 0 unspecified atom stereocenters. The van der Waals surface area contributed by atoms with E-state index in [1.807, 2.05) is 11.8 Å². The van der Waals surface area contributed by atoms with E-state index in [1.165, 1.54) is 4.88 Å². The molecule has 4 heterocycles. The van der Waals surface area contributed by atoms with Gasteiger partial charge in [0, 0.05) is 24.0 Å². The second-order valence-corrected chi connectivity index (χ2v) is 7.95. The molecule has 2 aromatic rings. The maximum atomic E-state index is 12.5. The topological polar surface area (TPSA) is 68.5 Å². The molecule has 0 aliphatic carbocycles. The SMILES string of the molecule is Cc1cc(C(=O)N2CC[C@H]3C[C@H](c4nc(C)c(C)s4)O[C@@H]3C2)no1. The molecule has 0 saturated carbocycles. The molecule has 7 heteroatoms. The lowest BCUT2D eigenvalue weighted by Crippen LogP contribution is -2.45. The van der Waals surface area contributed by atoms with Crippen LogP contribution in [0.25, 0.3) is 0 Å². The van der Waals surface area contributed by atoms with Gasteiger partial charge in [-0.25, -0.2) is 4.98 Å². The number of hydrogen-bond donors (Lipinski definition) is 0. The molecule has 2 saturated heterocycles. The molecule has 0 bridgehead atoms. The molecule has 3 atom stereocenters. The zero-order valence-corrected chi connectivity index (χ0v) is 14.9. The number of fused-ring (bicyclic) bond motifs is 1. The van der Waals surface area contributed by atoms with E-state index in [1.54, 1.807) is 24.3 Å². The van der Waals surface area contributed by atoms with E-state index in [2.05, 4.69) is 17.1 Å². The van der Waals surface area contributed by atoms with Gasteiger partial charge in [0.2, 0.25) is 0 Å². The van der Waals surface area contributed by atoms with Crippen molar-refractivity contribution in [3.05, 3.63) is 33.1 Å². The van der Waals surface area contributed by atoms with Crippen LogP contribution in [0.5, 0.6) is 0 Å². The minimum atomic E-state index is -0.0710. The van der Waals surface area contributed by atoms with Crippen LogP contribution < -0.4 is 0 Å². The van der Waals surface area contributed by atoms with E-state index in [-0.39, 0.29) is 18.1 Å². The van der Waals surface area contributed by atoms with Crippen molar-refractivity contribution in [1.82, 2.24) is 15.0 Å². The van der Waals surface area contributed by atoms with Crippen molar-refractivity contribution in [2.24, 2.45) is 5.92 Å². The maximum Gasteiger partial charge on any atom is 0.276 e. The molecule has 2 aromatic heterocycles. The lowest BCUT2D eigenvalue weighted by Gasteiger charge is -2.33. The van der Waals surface area contributed by atoms with Gasteiger partial charge in [-0.3, -0.25) is 4.79 Å². The summed E-state index contributed by atoms with van der Waals surface area (Å²) in [5.41, 5.74) is 1.47. The van der Waals surface area contributed by atoms with Crippen LogP contribution in [-0.2, 0) is 4.74 Å². The number of likely N-dealkylation sites (tertiary alicyclic amines) is 1. The molecule has 0 spiro atoms. The largest absolute Gasteiger partial charge is 0.366 e. The zero-order valence-electron chi connectivity index (χ0n) is 14.1. The molecule has 0 radical (unpaired) electrons. The Morgan fingerprint density at radius 1 is 1.38 bits per heavy atom. The van der Waals surface area contributed by atoms with E-state index in [4.69, 9.17) is 9.26 Å². The highest BCUT2D eigenvalue weighted by molar-refractivity contribution is 7.11. The van der Waals surface area contributed by atoms with Crippen LogP contribution in [-0.4, -0.2) is 40.1 Å². The molecular formula is C17H21N3O3S. The van der Waals surface area contributed by atoms with Crippen molar-refractivity contribution in [2.45, 2.75) is 45.8 Å². The van der Waals surface area contributed by atoms with Gasteiger partial charge in [0.15, 0.2) is 5.69 Å². The first-order valence-electron chi connectivity index (χ1n) is 8.33. The van der Waals surface area contributed by atoms with Crippen molar-refractivity contribution >= 4 is 17.2 Å². The molecule has 128 valence electrons. The van der Waals surface area contributed by atoms with Crippen LogP contribution in [0.15, 0.2) is 10.6 Å². The third kappa shape index (κ3) is 2.75. The number of aryl methyl sites for hydroxylation is 3. The lowest BCUT2D eigenvalue weighted by atomic mass is 9.91. The summed E-state index contributed by atoms with van der Waals surface area (Å²) in [7, 11) is 0. The highest BCUT2D eigenvalue weighted by atomic mass is 32.1. The Morgan fingerprint density at radius 3 is 2.88 bits per heavy atom. The Morgan fingerprint density at radius 2 is 2.21 bits per heavy atom. The zero-order chi connectivity index (χ0) is 16.8. The van der Waals surface area contributed by atoms with Gasteiger partial charge in [0.1, 0.15) is 16.9 Å². The third-order valence-electron chi connectivity index (χ3n) is 5.01. The van der Waals surface area contributed by atoms with Crippen LogP contribution in [0.4, 0.5) is 0 Å². The van der Waals surface area contributed by atoms with E-state index in [9.17, 15) is 4.79 Å². The van der Waals surface area contributed by atoms with Gasteiger partial charge >= 0.3 is 0 Å². The molecule has 1 amide bonds. The Bertz CT molecular complexity index is 749. The minimum absolute atomic E-state index is 0.0710. The molecule has 0 N–H and O–H groups in total. The number of ether oxygens (including phenoxy) is 1. The predicted molar refractivity (Wildman–Crippen MR) is 89.1 cm³/mol. The van der Waals surface area contributed by atoms with Crippen molar-refractivity contribution in [2.75, 3.05) is 13.1 Å². The van der Waals surface area contributed by atoms with E-state index < -0.39 is 0 Å². The first-order chi connectivity index (χ1) is 11.5.